The molecule has 0 saturated heterocycles. The number of carbonyl (C=O) groups is 2. The van der Waals surface area contributed by atoms with Crippen LogP contribution < -0.4 is 15.4 Å². The van der Waals surface area contributed by atoms with E-state index < -0.39 is 6.04 Å². The van der Waals surface area contributed by atoms with Gasteiger partial charge in [0, 0.05) is 12.1 Å². The first-order valence-corrected chi connectivity index (χ1v) is 11.2. The fourth-order valence-electron chi connectivity index (χ4n) is 3.78. The maximum absolute atomic E-state index is 12.8. The molecule has 4 rings (SSSR count). The van der Waals surface area contributed by atoms with E-state index in [0.29, 0.717) is 17.9 Å². The zero-order valence-electron chi connectivity index (χ0n) is 19.5. The summed E-state index contributed by atoms with van der Waals surface area (Å²) in [5.41, 5.74) is 4.26. The predicted molar refractivity (Wildman–Crippen MR) is 132 cm³/mol. The monoisotopic (exact) mass is 456 g/mol. The quantitative estimate of drug-likeness (QED) is 0.417. The van der Waals surface area contributed by atoms with Crippen molar-refractivity contribution in [2.45, 2.75) is 33.0 Å². The number of nitrogens with zero attached hydrogens (tertiary/aromatic N) is 2. The van der Waals surface area contributed by atoms with Crippen LogP contribution in [-0.4, -0.2) is 28.5 Å². The van der Waals surface area contributed by atoms with E-state index in [2.05, 4.69) is 10.6 Å². The molecule has 0 fully saturated rings. The van der Waals surface area contributed by atoms with Crippen LogP contribution in [0.2, 0.25) is 0 Å². The summed E-state index contributed by atoms with van der Waals surface area (Å²) in [7, 11) is 1.62. The SMILES string of the molecule is COc1ccc(CNC(=O)Cn2c([C@@H](C)NC(=O)c3ccc(C)cc3)nc3ccccc32)cc1. The number of aryl methyl sites for hydroxylation is 1. The minimum atomic E-state index is -0.393. The lowest BCUT2D eigenvalue weighted by Crippen LogP contribution is -2.31. The largest absolute Gasteiger partial charge is 0.497 e. The molecule has 0 aliphatic rings. The highest BCUT2D eigenvalue weighted by molar-refractivity contribution is 5.94. The van der Waals surface area contributed by atoms with Gasteiger partial charge in [0.15, 0.2) is 0 Å². The highest BCUT2D eigenvalue weighted by Gasteiger charge is 2.20. The van der Waals surface area contributed by atoms with Crippen LogP contribution in [0.4, 0.5) is 0 Å². The Morgan fingerprint density at radius 3 is 2.41 bits per heavy atom. The van der Waals surface area contributed by atoms with Gasteiger partial charge in [-0.1, -0.05) is 42.0 Å². The Kier molecular flexibility index (Phi) is 6.92. The number of nitrogens with one attached hydrogen (secondary N) is 2. The summed E-state index contributed by atoms with van der Waals surface area (Å²) < 4.78 is 7.03. The van der Waals surface area contributed by atoms with Crippen molar-refractivity contribution in [3.8, 4) is 5.75 Å². The number of fused-ring (bicyclic) bond motifs is 1. The Hall–Kier alpha value is -4.13. The molecule has 7 heteroatoms. The Bertz CT molecular complexity index is 1290. The predicted octanol–water partition coefficient (Wildman–Crippen LogP) is 4.16. The van der Waals surface area contributed by atoms with Gasteiger partial charge in [-0.15, -0.1) is 0 Å². The van der Waals surface area contributed by atoms with E-state index in [0.717, 1.165) is 27.9 Å². The molecule has 0 aliphatic carbocycles. The van der Waals surface area contributed by atoms with Gasteiger partial charge in [-0.2, -0.15) is 0 Å². The molecule has 0 radical (unpaired) electrons. The van der Waals surface area contributed by atoms with Crippen molar-refractivity contribution in [1.29, 1.82) is 0 Å². The average Bonchev–Trinajstić information content (AvgIpc) is 3.22. The smallest absolute Gasteiger partial charge is 0.251 e. The molecule has 174 valence electrons. The minimum Gasteiger partial charge on any atom is -0.497 e. The number of hydrogen-bond donors (Lipinski definition) is 2. The third-order valence-corrected chi connectivity index (χ3v) is 5.68. The average molecular weight is 457 g/mol. The summed E-state index contributed by atoms with van der Waals surface area (Å²) in [4.78, 5) is 30.3. The highest BCUT2D eigenvalue weighted by Crippen LogP contribution is 2.21. The molecule has 1 aromatic heterocycles. The maximum Gasteiger partial charge on any atom is 0.251 e. The highest BCUT2D eigenvalue weighted by atomic mass is 16.5. The van der Waals surface area contributed by atoms with Crippen LogP contribution in [0.1, 0.15) is 40.3 Å². The first-order chi connectivity index (χ1) is 16.4. The van der Waals surface area contributed by atoms with Crippen LogP contribution in [0.3, 0.4) is 0 Å². The van der Waals surface area contributed by atoms with Gasteiger partial charge >= 0.3 is 0 Å². The van der Waals surface area contributed by atoms with Crippen LogP contribution in [0.25, 0.3) is 11.0 Å². The van der Waals surface area contributed by atoms with Gasteiger partial charge in [0.2, 0.25) is 5.91 Å². The number of hydrogen-bond acceptors (Lipinski definition) is 4. The second-order valence-corrected chi connectivity index (χ2v) is 8.23. The number of carbonyl (C=O) groups excluding carboxylic acids is 2. The van der Waals surface area contributed by atoms with Crippen LogP contribution in [0, 0.1) is 6.92 Å². The number of rotatable bonds is 8. The Balaban J connectivity index is 1.50. The fraction of sp³-hybridized carbons (Fsp3) is 0.222. The molecule has 34 heavy (non-hydrogen) atoms. The first kappa shape index (κ1) is 23.0. The van der Waals surface area contributed by atoms with E-state index in [1.165, 1.54) is 0 Å². The van der Waals surface area contributed by atoms with Crippen molar-refractivity contribution < 1.29 is 14.3 Å². The number of aromatic nitrogens is 2. The molecule has 2 amide bonds. The Morgan fingerprint density at radius 2 is 1.71 bits per heavy atom. The molecule has 1 atom stereocenters. The van der Waals surface area contributed by atoms with E-state index >= 15 is 0 Å². The van der Waals surface area contributed by atoms with Crippen molar-refractivity contribution in [2.24, 2.45) is 0 Å². The number of benzene rings is 3. The number of amides is 2. The second kappa shape index (κ2) is 10.2. The molecule has 7 nitrogen and oxygen atoms in total. The molecular weight excluding hydrogens is 428 g/mol. The van der Waals surface area contributed by atoms with Crippen molar-refractivity contribution in [3.63, 3.8) is 0 Å². The van der Waals surface area contributed by atoms with Gasteiger partial charge in [0.05, 0.1) is 24.2 Å². The van der Waals surface area contributed by atoms with E-state index in [1.54, 1.807) is 19.2 Å². The summed E-state index contributed by atoms with van der Waals surface area (Å²) in [6, 6.07) is 22.2. The molecule has 3 aromatic carbocycles. The topological polar surface area (TPSA) is 85.2 Å². The minimum absolute atomic E-state index is 0.0940. The van der Waals surface area contributed by atoms with Crippen molar-refractivity contribution in [3.05, 3.63) is 95.3 Å². The van der Waals surface area contributed by atoms with Gasteiger partial charge < -0.3 is 19.9 Å². The number of ether oxygens (including phenoxy) is 1. The van der Waals surface area contributed by atoms with Crippen molar-refractivity contribution in [2.75, 3.05) is 7.11 Å². The van der Waals surface area contributed by atoms with E-state index in [-0.39, 0.29) is 18.4 Å². The molecule has 0 unspecified atom stereocenters. The van der Waals surface area contributed by atoms with Crippen LogP contribution >= 0.6 is 0 Å². The molecule has 1 heterocycles. The van der Waals surface area contributed by atoms with Crippen LogP contribution in [0.15, 0.2) is 72.8 Å². The lowest BCUT2D eigenvalue weighted by atomic mass is 10.1. The standard InChI is InChI=1S/C27H28N4O3/c1-18-8-12-21(13-9-18)27(33)29-19(2)26-30-23-6-4-5-7-24(23)31(26)17-25(32)28-16-20-10-14-22(34-3)15-11-20/h4-15,19H,16-17H2,1-3H3,(H,28,32)(H,29,33)/t19-/m1/s1. The second-order valence-electron chi connectivity index (χ2n) is 8.23. The molecular formula is C27H28N4O3. The summed E-state index contributed by atoms with van der Waals surface area (Å²) >= 11 is 0. The zero-order valence-corrected chi connectivity index (χ0v) is 19.5. The van der Waals surface area contributed by atoms with Gasteiger partial charge in [-0.05, 0) is 55.8 Å². The molecule has 0 aliphatic heterocycles. The lowest BCUT2D eigenvalue weighted by molar-refractivity contribution is -0.121. The summed E-state index contributed by atoms with van der Waals surface area (Å²) in [5.74, 6) is 1.07. The zero-order chi connectivity index (χ0) is 24.1. The molecule has 0 bridgehead atoms. The summed E-state index contributed by atoms with van der Waals surface area (Å²) in [6.45, 7) is 4.35. The van der Waals surface area contributed by atoms with E-state index in [1.807, 2.05) is 79.1 Å². The van der Waals surface area contributed by atoms with Gasteiger partial charge in [0.25, 0.3) is 5.91 Å². The third kappa shape index (κ3) is 5.26. The fourth-order valence-corrected chi connectivity index (χ4v) is 3.78. The summed E-state index contributed by atoms with van der Waals surface area (Å²) in [5, 5.41) is 5.97. The lowest BCUT2D eigenvalue weighted by Gasteiger charge is -2.16. The molecule has 4 aromatic rings. The maximum atomic E-state index is 12.8. The normalized spacial score (nSPS) is 11.7. The van der Waals surface area contributed by atoms with Crippen molar-refractivity contribution >= 4 is 22.8 Å². The first-order valence-electron chi connectivity index (χ1n) is 11.2. The van der Waals surface area contributed by atoms with Crippen LogP contribution in [-0.2, 0) is 17.9 Å². The third-order valence-electron chi connectivity index (χ3n) is 5.68. The Labute approximate surface area is 198 Å². The van der Waals surface area contributed by atoms with Gasteiger partial charge in [0.1, 0.15) is 18.1 Å². The molecule has 0 saturated carbocycles. The van der Waals surface area contributed by atoms with Crippen LogP contribution in [0.5, 0.6) is 5.75 Å². The number of imidazole rings is 1. The summed E-state index contributed by atoms with van der Waals surface area (Å²) in [6.07, 6.45) is 0. The number of methoxy groups -OCH3 is 1. The molecule has 0 spiro atoms. The van der Waals surface area contributed by atoms with Gasteiger partial charge in [-0.3, -0.25) is 9.59 Å². The van der Waals surface area contributed by atoms with E-state index in [9.17, 15) is 9.59 Å². The van der Waals surface area contributed by atoms with Gasteiger partial charge in [-0.25, -0.2) is 4.98 Å². The van der Waals surface area contributed by atoms with E-state index in [4.69, 9.17) is 9.72 Å². The number of para-hydroxylation sites is 2. The van der Waals surface area contributed by atoms with Crippen molar-refractivity contribution in [1.82, 2.24) is 20.2 Å². The molecule has 2 N–H and O–H groups in total. The Morgan fingerprint density at radius 1 is 1.00 bits per heavy atom.